The number of amides is 1. The molecule has 2 bridgehead atoms. The van der Waals surface area contributed by atoms with Crippen molar-refractivity contribution in [1.82, 2.24) is 4.90 Å². The predicted octanol–water partition coefficient (Wildman–Crippen LogP) is 5.86. The van der Waals surface area contributed by atoms with Crippen molar-refractivity contribution < 1.29 is 28.5 Å². The molecule has 3 aromatic rings. The van der Waals surface area contributed by atoms with E-state index in [1.165, 1.54) is 21.3 Å². The van der Waals surface area contributed by atoms with E-state index in [9.17, 15) is 4.79 Å². The third kappa shape index (κ3) is 4.06. The molecule has 2 atom stereocenters. The quantitative estimate of drug-likeness (QED) is 0.351. The monoisotopic (exact) mass is 554 g/mol. The summed E-state index contributed by atoms with van der Waals surface area (Å²) in [5.74, 6) is 1.94. The van der Waals surface area contributed by atoms with Gasteiger partial charge in [0.25, 0.3) is 5.91 Å². The zero-order valence-corrected chi connectivity index (χ0v) is 23.2. The molecular weight excluding hydrogens is 528 g/mol. The van der Waals surface area contributed by atoms with Crippen LogP contribution in [0.2, 0.25) is 5.02 Å². The van der Waals surface area contributed by atoms with Crippen LogP contribution in [0.1, 0.15) is 35.3 Å². The van der Waals surface area contributed by atoms with Crippen LogP contribution < -0.4 is 28.6 Å². The fourth-order valence-corrected chi connectivity index (χ4v) is 5.79. The SMILES string of the molecule is COc1cc(C(=O)N2C(=S)N(c3ccc(Cl)cc3)[C@]3(C)C[C@@H]2c2cccc(OC)c2O3)cc(OC)c1OC. The molecule has 0 spiro atoms. The van der Waals surface area contributed by atoms with Crippen molar-refractivity contribution in [2.45, 2.75) is 25.1 Å². The molecule has 0 radical (unpaired) electrons. The van der Waals surface area contributed by atoms with Crippen molar-refractivity contribution >= 4 is 40.5 Å². The second-order valence-corrected chi connectivity index (χ2v) is 9.86. The first-order valence-corrected chi connectivity index (χ1v) is 12.6. The van der Waals surface area contributed by atoms with E-state index >= 15 is 0 Å². The molecule has 0 saturated carbocycles. The number of methoxy groups -OCH3 is 4. The fourth-order valence-electron chi connectivity index (χ4n) is 5.15. The number of anilines is 1. The van der Waals surface area contributed by atoms with E-state index < -0.39 is 11.8 Å². The largest absolute Gasteiger partial charge is 0.493 e. The van der Waals surface area contributed by atoms with E-state index in [1.54, 1.807) is 36.3 Å². The molecule has 0 N–H and O–H groups in total. The molecule has 2 heterocycles. The molecule has 8 nitrogen and oxygen atoms in total. The molecule has 5 rings (SSSR count). The molecule has 10 heteroatoms. The van der Waals surface area contributed by atoms with Gasteiger partial charge in [0.2, 0.25) is 5.75 Å². The number of thiocarbonyl (C=S) groups is 1. The Kier molecular flexibility index (Phi) is 6.75. The number of halogens is 1. The van der Waals surface area contributed by atoms with Gasteiger partial charge in [-0.15, -0.1) is 0 Å². The molecule has 198 valence electrons. The topological polar surface area (TPSA) is 69.7 Å². The highest BCUT2D eigenvalue weighted by Gasteiger charge is 2.54. The zero-order valence-electron chi connectivity index (χ0n) is 21.6. The van der Waals surface area contributed by atoms with Crippen LogP contribution in [0.4, 0.5) is 5.69 Å². The minimum atomic E-state index is -0.900. The number of hydrogen-bond donors (Lipinski definition) is 0. The van der Waals surface area contributed by atoms with Crippen molar-refractivity contribution in [2.24, 2.45) is 0 Å². The van der Waals surface area contributed by atoms with E-state index in [0.717, 1.165) is 11.3 Å². The van der Waals surface area contributed by atoms with E-state index in [4.69, 9.17) is 47.5 Å². The van der Waals surface area contributed by atoms with Crippen LogP contribution >= 0.6 is 23.8 Å². The lowest BCUT2D eigenvalue weighted by Gasteiger charge is -2.55. The summed E-state index contributed by atoms with van der Waals surface area (Å²) in [7, 11) is 6.11. The second-order valence-electron chi connectivity index (χ2n) is 9.06. The highest BCUT2D eigenvalue weighted by atomic mass is 35.5. The van der Waals surface area contributed by atoms with E-state index in [-0.39, 0.29) is 5.91 Å². The molecule has 1 saturated heterocycles. The Morgan fingerprint density at radius 1 is 0.974 bits per heavy atom. The summed E-state index contributed by atoms with van der Waals surface area (Å²) in [5, 5.41) is 0.875. The van der Waals surface area contributed by atoms with Gasteiger partial charge in [-0.25, -0.2) is 0 Å². The number of ether oxygens (including phenoxy) is 5. The summed E-state index contributed by atoms with van der Waals surface area (Å²) in [5.41, 5.74) is 0.975. The average Bonchev–Trinajstić information content (AvgIpc) is 2.92. The van der Waals surface area contributed by atoms with E-state index in [2.05, 4.69) is 0 Å². The molecule has 1 fully saturated rings. The Hall–Kier alpha value is -3.69. The second kappa shape index (κ2) is 9.89. The first kappa shape index (κ1) is 25.9. The highest BCUT2D eigenvalue weighted by molar-refractivity contribution is 7.80. The maximum atomic E-state index is 14.3. The fraction of sp³-hybridized carbons (Fsp3) is 0.286. The van der Waals surface area contributed by atoms with Crippen LogP contribution in [-0.2, 0) is 0 Å². The van der Waals surface area contributed by atoms with Gasteiger partial charge >= 0.3 is 0 Å². The van der Waals surface area contributed by atoms with Crippen molar-refractivity contribution in [3.8, 4) is 28.7 Å². The maximum absolute atomic E-state index is 14.3. The molecule has 3 aromatic carbocycles. The number of rotatable bonds is 6. The Morgan fingerprint density at radius 3 is 2.18 bits per heavy atom. The summed E-state index contributed by atoms with van der Waals surface area (Å²) in [6, 6.07) is 15.7. The Labute approximate surface area is 231 Å². The van der Waals surface area contributed by atoms with E-state index in [0.29, 0.717) is 50.9 Å². The minimum Gasteiger partial charge on any atom is -0.493 e. The van der Waals surface area contributed by atoms with Gasteiger partial charge in [-0.3, -0.25) is 14.6 Å². The van der Waals surface area contributed by atoms with Crippen molar-refractivity contribution in [1.29, 1.82) is 0 Å². The van der Waals surface area contributed by atoms with Crippen LogP contribution in [0.15, 0.2) is 54.6 Å². The van der Waals surface area contributed by atoms with Gasteiger partial charge in [-0.05, 0) is 61.6 Å². The Morgan fingerprint density at radius 2 is 1.61 bits per heavy atom. The van der Waals surface area contributed by atoms with Crippen LogP contribution in [-0.4, -0.2) is 50.1 Å². The lowest BCUT2D eigenvalue weighted by atomic mass is 9.88. The predicted molar refractivity (Wildman–Crippen MR) is 148 cm³/mol. The first-order chi connectivity index (χ1) is 18.3. The van der Waals surface area contributed by atoms with Crippen LogP contribution in [0.5, 0.6) is 28.7 Å². The smallest absolute Gasteiger partial charge is 0.260 e. The van der Waals surface area contributed by atoms with Gasteiger partial charge in [0.05, 0.1) is 34.5 Å². The normalized spacial score (nSPS) is 19.8. The number of carbonyl (C=O) groups is 1. The van der Waals surface area contributed by atoms with Crippen LogP contribution in [0.25, 0.3) is 0 Å². The molecule has 2 aliphatic heterocycles. The molecule has 0 unspecified atom stereocenters. The van der Waals surface area contributed by atoms with E-state index in [1.807, 2.05) is 42.2 Å². The Balaban J connectivity index is 1.70. The molecule has 1 amide bonds. The molecular formula is C28H27ClN2O6S. The summed E-state index contributed by atoms with van der Waals surface area (Å²) < 4.78 is 28.7. The summed E-state index contributed by atoms with van der Waals surface area (Å²) in [6.07, 6.45) is 0.450. The van der Waals surface area contributed by atoms with Gasteiger partial charge in [0, 0.05) is 28.3 Å². The highest BCUT2D eigenvalue weighted by Crippen LogP contribution is 2.53. The number of hydrogen-bond acceptors (Lipinski definition) is 7. The van der Waals surface area contributed by atoms with Gasteiger partial charge in [0.15, 0.2) is 33.8 Å². The maximum Gasteiger partial charge on any atom is 0.260 e. The van der Waals surface area contributed by atoms with Crippen molar-refractivity contribution in [3.05, 3.63) is 70.7 Å². The molecule has 0 aromatic heterocycles. The summed E-state index contributed by atoms with van der Waals surface area (Å²) in [6.45, 7) is 1.96. The number of para-hydroxylation sites is 1. The molecule has 0 aliphatic carbocycles. The van der Waals surface area contributed by atoms with Gasteiger partial charge < -0.3 is 23.7 Å². The van der Waals surface area contributed by atoms with Gasteiger partial charge in [-0.2, -0.15) is 0 Å². The van der Waals surface area contributed by atoms with Crippen LogP contribution in [0.3, 0.4) is 0 Å². The first-order valence-electron chi connectivity index (χ1n) is 11.9. The van der Waals surface area contributed by atoms with Crippen molar-refractivity contribution in [3.63, 3.8) is 0 Å². The lowest BCUT2D eigenvalue weighted by Crippen LogP contribution is -2.67. The summed E-state index contributed by atoms with van der Waals surface area (Å²) in [4.78, 5) is 17.8. The summed E-state index contributed by atoms with van der Waals surface area (Å²) >= 11 is 12.2. The lowest BCUT2D eigenvalue weighted by molar-refractivity contribution is 0.0162. The standard InChI is InChI=1S/C28H27ClN2O6S/c1-28-15-20(19-7-6-8-21(33-2)24(19)37-28)30(27(38)31(28)18-11-9-17(29)10-12-18)26(32)16-13-22(34-3)25(36-5)23(14-16)35-4/h6-14,20H,15H2,1-5H3/t20-,28+/m1/s1. The third-order valence-electron chi connectivity index (χ3n) is 6.88. The average molecular weight is 555 g/mol. The van der Waals surface area contributed by atoms with Crippen LogP contribution in [0, 0.1) is 0 Å². The number of nitrogens with zero attached hydrogens (tertiary/aromatic N) is 2. The minimum absolute atomic E-state index is 0.290. The Bertz CT molecular complexity index is 1390. The van der Waals surface area contributed by atoms with Crippen molar-refractivity contribution in [2.75, 3.05) is 33.3 Å². The van der Waals surface area contributed by atoms with Gasteiger partial charge in [0.1, 0.15) is 0 Å². The molecule has 38 heavy (non-hydrogen) atoms. The zero-order chi connectivity index (χ0) is 27.2. The number of benzene rings is 3. The third-order valence-corrected chi connectivity index (χ3v) is 7.51. The number of carbonyl (C=O) groups excluding carboxylic acids is 1. The molecule has 2 aliphatic rings. The van der Waals surface area contributed by atoms with Gasteiger partial charge in [-0.1, -0.05) is 23.7 Å². The number of fused-ring (bicyclic) bond motifs is 4.